The Balaban J connectivity index is 0.00000280. The lowest BCUT2D eigenvalue weighted by atomic mass is 10.0. The molecule has 3 aromatic rings. The van der Waals surface area contributed by atoms with Crippen molar-refractivity contribution in [2.24, 2.45) is 0 Å². The molecular weight excluding hydrogens is 423 g/mol. The number of fused-ring (bicyclic) bond motifs is 1. The molecule has 3 N–H and O–H groups in total. The lowest BCUT2D eigenvalue weighted by Crippen LogP contribution is -2.38. The molecule has 0 spiro atoms. The summed E-state index contributed by atoms with van der Waals surface area (Å²) in [5, 5.41) is 14.5. The zero-order valence-corrected chi connectivity index (χ0v) is 17.5. The molecule has 0 amide bonds. The first-order chi connectivity index (χ1) is 13.0. The second-order valence-electron chi connectivity index (χ2n) is 6.16. The fourth-order valence-electron chi connectivity index (χ4n) is 3.00. The number of carboxylic acids is 1. The molecular formula is C20H21Cl3N2O3. The van der Waals surface area contributed by atoms with Crippen LogP contribution in [0.5, 0.6) is 5.75 Å². The summed E-state index contributed by atoms with van der Waals surface area (Å²) >= 11 is 12.4. The summed E-state index contributed by atoms with van der Waals surface area (Å²) in [6.45, 7) is 2.64. The molecule has 0 fully saturated rings. The van der Waals surface area contributed by atoms with Crippen LogP contribution in [0.2, 0.25) is 10.0 Å². The molecule has 0 aliphatic heterocycles. The van der Waals surface area contributed by atoms with E-state index in [4.69, 9.17) is 27.9 Å². The largest absolute Gasteiger partial charge is 0.491 e. The topological polar surface area (TPSA) is 74.3 Å². The van der Waals surface area contributed by atoms with E-state index in [1.54, 1.807) is 12.1 Å². The van der Waals surface area contributed by atoms with Crippen LogP contribution in [-0.4, -0.2) is 28.7 Å². The van der Waals surface area contributed by atoms with Crippen LogP contribution in [0.25, 0.3) is 10.9 Å². The predicted molar refractivity (Wildman–Crippen MR) is 115 cm³/mol. The van der Waals surface area contributed by atoms with Crippen LogP contribution in [0.1, 0.15) is 18.1 Å². The minimum absolute atomic E-state index is 0. The molecule has 8 heteroatoms. The van der Waals surface area contributed by atoms with Gasteiger partial charge in [-0.15, -0.1) is 12.4 Å². The lowest BCUT2D eigenvalue weighted by molar-refractivity contribution is -0.139. The highest BCUT2D eigenvalue weighted by Gasteiger charge is 2.20. The zero-order valence-electron chi connectivity index (χ0n) is 15.2. The molecule has 0 radical (unpaired) electrons. The quantitative estimate of drug-likeness (QED) is 0.454. The van der Waals surface area contributed by atoms with Crippen molar-refractivity contribution in [2.45, 2.75) is 25.9 Å². The van der Waals surface area contributed by atoms with Crippen LogP contribution in [0.15, 0.2) is 42.6 Å². The normalized spacial score (nSPS) is 11.8. The van der Waals surface area contributed by atoms with Gasteiger partial charge in [-0.1, -0.05) is 41.4 Å². The highest BCUT2D eigenvalue weighted by molar-refractivity contribution is 6.37. The summed E-state index contributed by atoms with van der Waals surface area (Å²) in [7, 11) is 0. The molecule has 0 aliphatic carbocycles. The van der Waals surface area contributed by atoms with Gasteiger partial charge in [0.05, 0.1) is 16.7 Å². The van der Waals surface area contributed by atoms with Gasteiger partial charge in [0.1, 0.15) is 6.04 Å². The molecule has 1 aromatic heterocycles. The number of aromatic amines is 1. The van der Waals surface area contributed by atoms with Gasteiger partial charge in [-0.25, -0.2) is 0 Å². The van der Waals surface area contributed by atoms with Gasteiger partial charge in [0.15, 0.2) is 5.75 Å². The van der Waals surface area contributed by atoms with E-state index >= 15 is 0 Å². The van der Waals surface area contributed by atoms with Crippen molar-refractivity contribution in [3.05, 3.63) is 63.8 Å². The van der Waals surface area contributed by atoms with Crippen LogP contribution in [0.3, 0.4) is 0 Å². The maximum Gasteiger partial charge on any atom is 0.321 e. The number of aliphatic carboxylic acids is 1. The second-order valence-corrected chi connectivity index (χ2v) is 6.97. The standard InChI is InChI=1S/C20H20Cl2N2O3.ClH/c1-2-27-19-15(21)7-12(8-16(19)22)10-23-18(20(25)26)9-13-11-24-17-6-4-3-5-14(13)17;/h3-8,11,18,23-24H,2,9-10H2,1H3,(H,25,26);1H. The number of benzene rings is 2. The first-order valence-corrected chi connectivity index (χ1v) is 9.37. The number of H-pyrrole nitrogens is 1. The Morgan fingerprint density at radius 1 is 1.25 bits per heavy atom. The van der Waals surface area contributed by atoms with Crippen molar-refractivity contribution in [1.82, 2.24) is 10.3 Å². The Morgan fingerprint density at radius 2 is 1.93 bits per heavy atom. The summed E-state index contributed by atoms with van der Waals surface area (Å²) in [6.07, 6.45) is 2.21. The van der Waals surface area contributed by atoms with Gasteiger partial charge >= 0.3 is 5.97 Å². The number of hydrogen-bond acceptors (Lipinski definition) is 3. The van der Waals surface area contributed by atoms with E-state index in [0.717, 1.165) is 22.0 Å². The van der Waals surface area contributed by atoms with E-state index in [1.165, 1.54) is 0 Å². The van der Waals surface area contributed by atoms with Crippen molar-refractivity contribution in [3.8, 4) is 5.75 Å². The van der Waals surface area contributed by atoms with E-state index in [-0.39, 0.29) is 12.4 Å². The zero-order chi connectivity index (χ0) is 19.4. The number of halogens is 3. The fraction of sp³-hybridized carbons (Fsp3) is 0.250. The van der Waals surface area contributed by atoms with Crippen LogP contribution in [-0.2, 0) is 17.8 Å². The third-order valence-electron chi connectivity index (χ3n) is 4.30. The number of aromatic nitrogens is 1. The molecule has 28 heavy (non-hydrogen) atoms. The SMILES string of the molecule is CCOc1c(Cl)cc(CNC(Cc2c[nH]c3ccccc23)C(=O)O)cc1Cl.Cl. The highest BCUT2D eigenvalue weighted by atomic mass is 35.5. The van der Waals surface area contributed by atoms with Crippen molar-refractivity contribution in [3.63, 3.8) is 0 Å². The highest BCUT2D eigenvalue weighted by Crippen LogP contribution is 2.34. The fourth-order valence-corrected chi connectivity index (χ4v) is 3.65. The molecule has 2 aromatic carbocycles. The van der Waals surface area contributed by atoms with Gasteiger partial charge in [0.2, 0.25) is 0 Å². The summed E-state index contributed by atoms with van der Waals surface area (Å²) in [5.41, 5.74) is 2.73. The molecule has 5 nitrogen and oxygen atoms in total. The minimum Gasteiger partial charge on any atom is -0.491 e. The smallest absolute Gasteiger partial charge is 0.321 e. The monoisotopic (exact) mass is 442 g/mol. The third-order valence-corrected chi connectivity index (χ3v) is 4.86. The first-order valence-electron chi connectivity index (χ1n) is 8.61. The van der Waals surface area contributed by atoms with E-state index in [2.05, 4.69) is 10.3 Å². The first kappa shape index (κ1) is 22.4. The van der Waals surface area contributed by atoms with Gasteiger partial charge in [0.25, 0.3) is 0 Å². The number of ether oxygens (including phenoxy) is 1. The maximum absolute atomic E-state index is 11.7. The lowest BCUT2D eigenvalue weighted by Gasteiger charge is -2.15. The van der Waals surface area contributed by atoms with Crippen LogP contribution >= 0.6 is 35.6 Å². The second kappa shape index (κ2) is 10.0. The predicted octanol–water partition coefficient (Wildman–Crippen LogP) is 5.08. The van der Waals surface area contributed by atoms with Crippen LogP contribution in [0, 0.1) is 0 Å². The van der Waals surface area contributed by atoms with Gasteiger partial charge < -0.3 is 20.1 Å². The van der Waals surface area contributed by atoms with Crippen molar-refractivity contribution in [2.75, 3.05) is 6.61 Å². The molecule has 150 valence electrons. The van der Waals surface area contributed by atoms with Gasteiger partial charge in [-0.2, -0.15) is 0 Å². The number of hydrogen-bond donors (Lipinski definition) is 3. The minimum atomic E-state index is -0.914. The Kier molecular flexibility index (Phi) is 8.01. The number of rotatable bonds is 8. The molecule has 3 rings (SSSR count). The van der Waals surface area contributed by atoms with E-state index in [9.17, 15) is 9.90 Å². The Morgan fingerprint density at radius 3 is 2.57 bits per heavy atom. The van der Waals surface area contributed by atoms with Crippen molar-refractivity contribution < 1.29 is 14.6 Å². The number of para-hydroxylation sites is 1. The summed E-state index contributed by atoms with van der Waals surface area (Å²) < 4.78 is 5.42. The average Bonchev–Trinajstić information content (AvgIpc) is 3.04. The van der Waals surface area contributed by atoms with E-state index in [1.807, 2.05) is 37.4 Å². The average molecular weight is 444 g/mol. The molecule has 0 bridgehead atoms. The maximum atomic E-state index is 11.7. The van der Waals surface area contributed by atoms with Gasteiger partial charge in [0, 0.05) is 30.1 Å². The molecule has 1 heterocycles. The van der Waals surface area contributed by atoms with Crippen LogP contribution < -0.4 is 10.1 Å². The number of carboxylic acid groups (broad SMARTS) is 1. The summed E-state index contributed by atoms with van der Waals surface area (Å²) in [6, 6.07) is 10.5. The molecule has 0 saturated carbocycles. The molecule has 1 unspecified atom stereocenters. The summed E-state index contributed by atoms with van der Waals surface area (Å²) in [5.74, 6) is -0.471. The van der Waals surface area contributed by atoms with Crippen molar-refractivity contribution >= 4 is 52.5 Å². The van der Waals surface area contributed by atoms with Crippen molar-refractivity contribution in [1.29, 1.82) is 0 Å². The summed E-state index contributed by atoms with van der Waals surface area (Å²) in [4.78, 5) is 14.9. The molecule has 1 atom stereocenters. The van der Waals surface area contributed by atoms with Gasteiger partial charge in [-0.05, 0) is 36.2 Å². The number of nitrogens with one attached hydrogen (secondary N) is 2. The molecule has 0 aliphatic rings. The Hall–Kier alpha value is -1.92. The van der Waals surface area contributed by atoms with E-state index < -0.39 is 12.0 Å². The van der Waals surface area contributed by atoms with Crippen LogP contribution in [0.4, 0.5) is 0 Å². The Bertz CT molecular complexity index is 936. The number of carbonyl (C=O) groups is 1. The van der Waals surface area contributed by atoms with E-state index in [0.29, 0.717) is 35.4 Å². The van der Waals surface area contributed by atoms with Gasteiger partial charge in [-0.3, -0.25) is 4.79 Å². The third kappa shape index (κ3) is 5.11. The Labute approximate surface area is 179 Å². The molecule has 0 saturated heterocycles.